The van der Waals surface area contributed by atoms with Gasteiger partial charge in [-0.1, -0.05) is 11.6 Å². The second-order valence-corrected chi connectivity index (χ2v) is 9.37. The van der Waals surface area contributed by atoms with Crippen LogP contribution in [0.1, 0.15) is 15.6 Å². The molecule has 0 amide bonds. The first-order valence-corrected chi connectivity index (χ1v) is 9.77. The molecule has 8 heteroatoms. The minimum absolute atomic E-state index is 0.212. The number of fused-ring (bicyclic) bond motifs is 1. The van der Waals surface area contributed by atoms with Crippen molar-refractivity contribution in [2.75, 3.05) is 14.1 Å². The number of halogens is 1. The molecule has 0 aliphatic carbocycles. The molecule has 0 aliphatic rings. The summed E-state index contributed by atoms with van der Waals surface area (Å²) >= 11 is 7.99. The number of nitrogens with one attached hydrogen (secondary N) is 1. The number of hydrogen-bond acceptors (Lipinski definition) is 4. The summed E-state index contributed by atoms with van der Waals surface area (Å²) in [7, 11) is -0.484. The lowest BCUT2D eigenvalue weighted by atomic mass is 10.3. The van der Waals surface area contributed by atoms with Crippen molar-refractivity contribution >= 4 is 55.1 Å². The molecule has 0 fully saturated rings. The predicted molar refractivity (Wildman–Crippen MR) is 99.7 cm³/mol. The summed E-state index contributed by atoms with van der Waals surface area (Å²) < 4.78 is 25.6. The lowest BCUT2D eigenvalue weighted by Gasteiger charge is -2.10. The van der Waals surface area contributed by atoms with Crippen molar-refractivity contribution in [3.63, 3.8) is 0 Å². The Morgan fingerprint density at radius 1 is 1.29 bits per heavy atom. The molecule has 3 rings (SSSR count). The molecule has 2 aromatic heterocycles. The van der Waals surface area contributed by atoms with Gasteiger partial charge in [-0.05, 0) is 43.3 Å². The van der Waals surface area contributed by atoms with Gasteiger partial charge in [-0.15, -0.1) is 11.3 Å². The molecule has 0 spiro atoms. The predicted octanol–water partition coefficient (Wildman–Crippen LogP) is 3.92. The number of thiophene rings is 1. The highest BCUT2D eigenvalue weighted by molar-refractivity contribution is 7.89. The number of hydrogen-bond donors (Lipinski definition) is 1. The summed E-state index contributed by atoms with van der Waals surface area (Å²) in [5.74, 6) is 0.511. The second kappa shape index (κ2) is 6.33. The highest BCUT2D eigenvalue weighted by atomic mass is 35.5. The lowest BCUT2D eigenvalue weighted by molar-refractivity contribution is 0.521. The van der Waals surface area contributed by atoms with Gasteiger partial charge in [0.2, 0.25) is 10.0 Å². The van der Waals surface area contributed by atoms with E-state index in [0.717, 1.165) is 4.88 Å². The smallest absolute Gasteiger partial charge is 0.242 e. The van der Waals surface area contributed by atoms with Gasteiger partial charge in [0.15, 0.2) is 0 Å². The molecule has 126 valence electrons. The first-order chi connectivity index (χ1) is 11.3. The molecule has 1 aromatic carbocycles. The van der Waals surface area contributed by atoms with Crippen LogP contribution in [0.2, 0.25) is 0 Å². The quantitative estimate of drug-likeness (QED) is 0.744. The summed E-state index contributed by atoms with van der Waals surface area (Å²) in [6, 6.07) is 8.80. The molecule has 0 unspecified atom stereocenters. The number of nitrogens with zero attached hydrogens (tertiary/aromatic N) is 2. The molecule has 0 saturated heterocycles. The summed E-state index contributed by atoms with van der Waals surface area (Å²) in [6.07, 6.45) is 1.84. The number of aromatic amines is 1. The van der Waals surface area contributed by atoms with Gasteiger partial charge in [0.25, 0.3) is 0 Å². The molecule has 0 aliphatic heterocycles. The van der Waals surface area contributed by atoms with Gasteiger partial charge in [-0.3, -0.25) is 0 Å². The molecule has 5 nitrogen and oxygen atoms in total. The number of aryl methyl sites for hydroxylation is 1. The monoisotopic (exact) mass is 381 g/mol. The fraction of sp³-hybridized carbons (Fsp3) is 0.188. The molecule has 24 heavy (non-hydrogen) atoms. The maximum atomic E-state index is 12.2. The summed E-state index contributed by atoms with van der Waals surface area (Å²) in [5, 5.41) is 0.477. The maximum absolute atomic E-state index is 12.2. The van der Waals surface area contributed by atoms with E-state index in [-0.39, 0.29) is 4.90 Å². The van der Waals surface area contributed by atoms with Crippen LogP contribution >= 0.6 is 22.9 Å². The van der Waals surface area contributed by atoms with Crippen molar-refractivity contribution < 1.29 is 8.42 Å². The number of imidazole rings is 1. The van der Waals surface area contributed by atoms with Crippen molar-refractivity contribution in [3.8, 4) is 0 Å². The van der Waals surface area contributed by atoms with Crippen molar-refractivity contribution in [3.05, 3.63) is 45.9 Å². The first-order valence-electron chi connectivity index (χ1n) is 7.13. The van der Waals surface area contributed by atoms with E-state index >= 15 is 0 Å². The third-order valence-electron chi connectivity index (χ3n) is 3.49. The van der Waals surface area contributed by atoms with Gasteiger partial charge in [0.05, 0.1) is 21.0 Å². The normalized spacial score (nSPS) is 13.1. The van der Waals surface area contributed by atoms with Crippen LogP contribution in [-0.4, -0.2) is 36.8 Å². The second-order valence-electron chi connectivity index (χ2n) is 5.49. The molecule has 0 saturated carbocycles. The first kappa shape index (κ1) is 17.2. The van der Waals surface area contributed by atoms with Crippen LogP contribution in [0.5, 0.6) is 0 Å². The van der Waals surface area contributed by atoms with Crippen molar-refractivity contribution in [2.24, 2.45) is 0 Å². The molecule has 1 N–H and O–H groups in total. The third-order valence-corrected chi connectivity index (χ3v) is 6.54. The van der Waals surface area contributed by atoms with E-state index < -0.39 is 10.0 Å². The number of rotatable bonds is 4. The Hall–Kier alpha value is -1.67. The zero-order valence-electron chi connectivity index (χ0n) is 13.4. The van der Waals surface area contributed by atoms with E-state index in [1.165, 1.54) is 23.3 Å². The van der Waals surface area contributed by atoms with E-state index in [0.29, 0.717) is 21.9 Å². The van der Waals surface area contributed by atoms with Gasteiger partial charge in [-0.25, -0.2) is 17.7 Å². The Labute approximate surface area is 149 Å². The van der Waals surface area contributed by atoms with E-state index in [4.69, 9.17) is 11.6 Å². The van der Waals surface area contributed by atoms with Gasteiger partial charge in [-0.2, -0.15) is 0 Å². The number of H-pyrrole nitrogens is 1. The summed E-state index contributed by atoms with van der Waals surface area (Å²) in [5.41, 5.74) is 1.29. The Bertz CT molecular complexity index is 1030. The van der Waals surface area contributed by atoms with Crippen LogP contribution in [0.4, 0.5) is 0 Å². The number of aromatic nitrogens is 2. The Morgan fingerprint density at radius 2 is 2.04 bits per heavy atom. The maximum Gasteiger partial charge on any atom is 0.242 e. The third kappa shape index (κ3) is 3.25. The van der Waals surface area contributed by atoms with E-state index in [9.17, 15) is 8.42 Å². The van der Waals surface area contributed by atoms with Crippen LogP contribution in [0.3, 0.4) is 0 Å². The topological polar surface area (TPSA) is 66.1 Å². The average Bonchev–Trinajstić information content (AvgIpc) is 3.12. The molecule has 3 aromatic rings. The minimum atomic E-state index is -3.49. The molecular formula is C16H16ClN3O2S2. The zero-order valence-corrected chi connectivity index (χ0v) is 15.8. The number of sulfonamides is 1. The fourth-order valence-corrected chi connectivity index (χ4v) is 4.22. The van der Waals surface area contributed by atoms with Gasteiger partial charge in [0, 0.05) is 23.8 Å². The van der Waals surface area contributed by atoms with E-state index in [1.807, 2.05) is 25.1 Å². The van der Waals surface area contributed by atoms with Crippen LogP contribution in [-0.2, 0) is 10.0 Å². The molecule has 2 heterocycles. The number of benzene rings is 1. The summed E-state index contributed by atoms with van der Waals surface area (Å²) in [4.78, 5) is 9.96. The highest BCUT2D eigenvalue weighted by Gasteiger charge is 2.18. The highest BCUT2D eigenvalue weighted by Crippen LogP contribution is 2.27. The molecule has 0 bridgehead atoms. The Balaban J connectivity index is 2.01. The lowest BCUT2D eigenvalue weighted by Crippen LogP contribution is -2.22. The van der Waals surface area contributed by atoms with Crippen molar-refractivity contribution in [1.82, 2.24) is 14.3 Å². The van der Waals surface area contributed by atoms with E-state index in [2.05, 4.69) is 9.97 Å². The molecule has 0 radical (unpaired) electrons. The fourth-order valence-electron chi connectivity index (χ4n) is 2.20. The Kier molecular flexibility index (Phi) is 4.52. The van der Waals surface area contributed by atoms with Gasteiger partial charge in [0.1, 0.15) is 5.82 Å². The minimum Gasteiger partial charge on any atom is -0.337 e. The largest absolute Gasteiger partial charge is 0.337 e. The molecular weight excluding hydrogens is 366 g/mol. The standard InChI is InChI=1S/C16H16ClN3O2S2/c1-10-4-5-11(23-10)8-13(17)16-18-14-7-6-12(9-15(14)19-16)24(21,22)20(2)3/h4-9H,1-3H3,(H,18,19)/b13-8-. The summed E-state index contributed by atoms with van der Waals surface area (Å²) in [6.45, 7) is 2.03. The SMILES string of the molecule is Cc1ccc(/C=C(\Cl)c2nc3ccc(S(=O)(=O)N(C)C)cc3[nH]2)s1. The van der Waals surface area contributed by atoms with Crippen LogP contribution < -0.4 is 0 Å². The average molecular weight is 382 g/mol. The van der Waals surface area contributed by atoms with Crippen molar-refractivity contribution in [1.29, 1.82) is 0 Å². The van der Waals surface area contributed by atoms with E-state index in [1.54, 1.807) is 29.5 Å². The van der Waals surface area contributed by atoms with Crippen LogP contribution in [0.25, 0.3) is 22.1 Å². The van der Waals surface area contributed by atoms with Gasteiger partial charge < -0.3 is 4.98 Å². The van der Waals surface area contributed by atoms with Crippen LogP contribution in [0, 0.1) is 6.92 Å². The van der Waals surface area contributed by atoms with Gasteiger partial charge >= 0.3 is 0 Å². The van der Waals surface area contributed by atoms with Crippen LogP contribution in [0.15, 0.2) is 35.2 Å². The van der Waals surface area contributed by atoms with Crippen molar-refractivity contribution in [2.45, 2.75) is 11.8 Å². The Morgan fingerprint density at radius 3 is 2.67 bits per heavy atom. The molecule has 0 atom stereocenters. The zero-order chi connectivity index (χ0) is 17.5.